The number of likely N-dealkylation sites (N-methyl/N-ethyl adjacent to an activating group) is 1. The number of nitrogens with zero attached hydrogens (tertiary/aromatic N) is 1. The Morgan fingerprint density at radius 2 is 2.39 bits per heavy atom. The molecule has 18 heavy (non-hydrogen) atoms. The molecule has 1 aliphatic heterocycles. The zero-order valence-electron chi connectivity index (χ0n) is 11.3. The monoisotopic (exact) mass is 276 g/mol. The Bertz CT molecular complexity index is 253. The molecule has 1 saturated heterocycles. The van der Waals surface area contributed by atoms with E-state index >= 15 is 0 Å². The Morgan fingerprint density at radius 1 is 1.61 bits per heavy atom. The number of esters is 1. The van der Waals surface area contributed by atoms with E-state index in [0.717, 1.165) is 32.0 Å². The first-order chi connectivity index (χ1) is 8.67. The highest BCUT2D eigenvalue weighted by Gasteiger charge is 2.20. The minimum Gasteiger partial charge on any atom is -0.465 e. The third-order valence-corrected chi connectivity index (χ3v) is 4.06. The lowest BCUT2D eigenvalue weighted by Crippen LogP contribution is -2.43. The molecule has 1 rings (SSSR count). The van der Waals surface area contributed by atoms with Gasteiger partial charge < -0.3 is 15.2 Å². The van der Waals surface area contributed by atoms with Gasteiger partial charge in [0.05, 0.1) is 19.3 Å². The molecule has 2 unspecified atom stereocenters. The van der Waals surface area contributed by atoms with Crippen LogP contribution < -0.4 is 5.73 Å². The summed E-state index contributed by atoms with van der Waals surface area (Å²) in [6, 6.07) is -0.527. The summed E-state index contributed by atoms with van der Waals surface area (Å²) in [6.45, 7) is 8.17. The quantitative estimate of drug-likeness (QED) is 0.676. The fraction of sp³-hybridized carbons (Fsp3) is 0.917. The molecule has 0 aromatic heterocycles. The Morgan fingerprint density at radius 3 is 3.06 bits per heavy atom. The summed E-state index contributed by atoms with van der Waals surface area (Å²) in [6.07, 6.45) is 0.248. The van der Waals surface area contributed by atoms with E-state index in [-0.39, 0.29) is 12.1 Å². The van der Waals surface area contributed by atoms with Gasteiger partial charge in [-0.1, -0.05) is 6.92 Å². The van der Waals surface area contributed by atoms with Crippen LogP contribution in [0.2, 0.25) is 0 Å². The van der Waals surface area contributed by atoms with Gasteiger partial charge in [0.15, 0.2) is 0 Å². The van der Waals surface area contributed by atoms with E-state index in [2.05, 4.69) is 11.8 Å². The second-order valence-electron chi connectivity index (χ2n) is 4.28. The largest absolute Gasteiger partial charge is 0.465 e. The van der Waals surface area contributed by atoms with Gasteiger partial charge in [0.25, 0.3) is 0 Å². The summed E-state index contributed by atoms with van der Waals surface area (Å²) in [5, 5.41) is 0. The van der Waals surface area contributed by atoms with Crippen LogP contribution in [0.15, 0.2) is 0 Å². The molecule has 1 fully saturated rings. The highest BCUT2D eigenvalue weighted by molar-refractivity contribution is 7.99. The van der Waals surface area contributed by atoms with Gasteiger partial charge in [-0.2, -0.15) is 11.8 Å². The number of nitrogens with two attached hydrogens (primary N) is 1. The van der Waals surface area contributed by atoms with Gasteiger partial charge in [0, 0.05) is 24.6 Å². The van der Waals surface area contributed by atoms with Crippen LogP contribution in [0.5, 0.6) is 0 Å². The molecule has 2 N–H and O–H groups in total. The van der Waals surface area contributed by atoms with Gasteiger partial charge in [0.1, 0.15) is 6.04 Å². The minimum absolute atomic E-state index is 0.248. The minimum atomic E-state index is -0.527. The van der Waals surface area contributed by atoms with Crippen molar-refractivity contribution in [2.45, 2.75) is 26.0 Å². The van der Waals surface area contributed by atoms with Crippen molar-refractivity contribution < 1.29 is 14.3 Å². The van der Waals surface area contributed by atoms with Crippen molar-refractivity contribution in [1.82, 2.24) is 4.90 Å². The molecule has 1 heterocycles. The normalized spacial score (nSPS) is 22.7. The van der Waals surface area contributed by atoms with E-state index in [1.54, 1.807) is 18.7 Å². The smallest absolute Gasteiger partial charge is 0.323 e. The maximum Gasteiger partial charge on any atom is 0.323 e. The van der Waals surface area contributed by atoms with Crippen molar-refractivity contribution in [1.29, 1.82) is 0 Å². The number of hydrogen-bond acceptors (Lipinski definition) is 6. The van der Waals surface area contributed by atoms with Crippen LogP contribution in [0.25, 0.3) is 0 Å². The summed E-state index contributed by atoms with van der Waals surface area (Å²) in [5.41, 5.74) is 5.73. The third-order valence-electron chi connectivity index (χ3n) is 2.86. The van der Waals surface area contributed by atoms with E-state index in [0.29, 0.717) is 12.4 Å². The number of hydrogen-bond donors (Lipinski definition) is 1. The molecule has 0 amide bonds. The molecule has 2 atom stereocenters. The van der Waals surface area contributed by atoms with Gasteiger partial charge in [-0.15, -0.1) is 0 Å². The molecule has 0 bridgehead atoms. The zero-order valence-corrected chi connectivity index (χ0v) is 12.1. The summed E-state index contributed by atoms with van der Waals surface area (Å²) in [4.78, 5) is 13.7. The number of morpholine rings is 1. The molecule has 0 saturated carbocycles. The first kappa shape index (κ1) is 15.8. The van der Waals surface area contributed by atoms with Crippen LogP contribution >= 0.6 is 11.8 Å². The fourth-order valence-electron chi connectivity index (χ4n) is 1.81. The molecule has 1 aliphatic rings. The number of ether oxygens (including phenoxy) is 2. The van der Waals surface area contributed by atoms with E-state index in [1.165, 1.54) is 0 Å². The molecular formula is C12H24N2O3S. The van der Waals surface area contributed by atoms with E-state index < -0.39 is 6.04 Å². The van der Waals surface area contributed by atoms with E-state index in [4.69, 9.17) is 15.2 Å². The summed E-state index contributed by atoms with van der Waals surface area (Å²) in [7, 11) is 0. The lowest BCUT2D eigenvalue weighted by Gasteiger charge is -2.32. The molecule has 0 spiro atoms. The Hall–Kier alpha value is -0.300. The molecule has 5 nitrogen and oxygen atoms in total. The second-order valence-corrected chi connectivity index (χ2v) is 5.36. The van der Waals surface area contributed by atoms with Crippen LogP contribution in [0.4, 0.5) is 0 Å². The zero-order chi connectivity index (χ0) is 13.4. The standard InChI is InChI=1S/C12H24N2O3S/c1-3-14-5-6-17-10(7-14)8-18-9-11(13)12(15)16-4-2/h10-11H,3-9,13H2,1-2H3. The first-order valence-electron chi connectivity index (χ1n) is 6.51. The lowest BCUT2D eigenvalue weighted by molar-refractivity contribution is -0.144. The average Bonchev–Trinajstić information content (AvgIpc) is 2.39. The summed E-state index contributed by atoms with van der Waals surface area (Å²) < 4.78 is 10.5. The van der Waals surface area contributed by atoms with Crippen molar-refractivity contribution in [2.75, 3.05) is 44.4 Å². The van der Waals surface area contributed by atoms with Crippen molar-refractivity contribution in [3.05, 3.63) is 0 Å². The fourth-order valence-corrected chi connectivity index (χ4v) is 2.80. The van der Waals surface area contributed by atoms with Crippen molar-refractivity contribution in [3.63, 3.8) is 0 Å². The maximum absolute atomic E-state index is 11.3. The number of rotatable bonds is 7. The van der Waals surface area contributed by atoms with Gasteiger partial charge in [-0.25, -0.2) is 0 Å². The van der Waals surface area contributed by atoms with Crippen LogP contribution in [0.1, 0.15) is 13.8 Å². The van der Waals surface area contributed by atoms with E-state index in [9.17, 15) is 4.79 Å². The Kier molecular flexibility index (Phi) is 7.65. The molecule has 0 aromatic rings. The van der Waals surface area contributed by atoms with Gasteiger partial charge in [-0.3, -0.25) is 9.69 Å². The lowest BCUT2D eigenvalue weighted by atomic mass is 10.3. The average molecular weight is 276 g/mol. The third kappa shape index (κ3) is 5.56. The van der Waals surface area contributed by atoms with Crippen LogP contribution in [-0.4, -0.2) is 67.4 Å². The van der Waals surface area contributed by atoms with Gasteiger partial charge in [-0.05, 0) is 13.5 Å². The molecule has 0 aromatic carbocycles. The predicted octanol–water partition coefficient (Wildman–Crippen LogP) is 0.331. The Labute approximate surface area is 113 Å². The SMILES string of the molecule is CCOC(=O)C(N)CSCC1CN(CC)CCO1. The van der Waals surface area contributed by atoms with Gasteiger partial charge >= 0.3 is 5.97 Å². The van der Waals surface area contributed by atoms with Gasteiger partial charge in [0.2, 0.25) is 0 Å². The predicted molar refractivity (Wildman–Crippen MR) is 73.8 cm³/mol. The van der Waals surface area contributed by atoms with Crippen molar-refractivity contribution >= 4 is 17.7 Å². The molecule has 106 valence electrons. The van der Waals surface area contributed by atoms with Crippen molar-refractivity contribution in [2.24, 2.45) is 5.73 Å². The maximum atomic E-state index is 11.3. The number of thioether (sulfide) groups is 1. The molecule has 6 heteroatoms. The number of carbonyl (C=O) groups excluding carboxylic acids is 1. The van der Waals surface area contributed by atoms with Crippen molar-refractivity contribution in [3.8, 4) is 0 Å². The van der Waals surface area contributed by atoms with E-state index in [1.807, 2.05) is 0 Å². The molecule has 0 aliphatic carbocycles. The molecule has 0 radical (unpaired) electrons. The topological polar surface area (TPSA) is 64.8 Å². The number of carbonyl (C=O) groups is 1. The highest BCUT2D eigenvalue weighted by Crippen LogP contribution is 2.12. The molecular weight excluding hydrogens is 252 g/mol. The first-order valence-corrected chi connectivity index (χ1v) is 7.66. The highest BCUT2D eigenvalue weighted by atomic mass is 32.2. The van der Waals surface area contributed by atoms with Crippen LogP contribution in [-0.2, 0) is 14.3 Å². The van der Waals surface area contributed by atoms with Crippen LogP contribution in [0.3, 0.4) is 0 Å². The Balaban J connectivity index is 2.15. The second kappa shape index (κ2) is 8.74. The summed E-state index contributed by atoms with van der Waals surface area (Å²) in [5.74, 6) is 1.15. The van der Waals surface area contributed by atoms with Crippen LogP contribution in [0, 0.1) is 0 Å². The summed E-state index contributed by atoms with van der Waals surface area (Å²) >= 11 is 1.66.